The van der Waals surface area contributed by atoms with Crippen LogP contribution in [0.3, 0.4) is 0 Å². The number of benzene rings is 2. The van der Waals surface area contributed by atoms with Crippen molar-refractivity contribution in [2.24, 2.45) is 5.92 Å². The quantitative estimate of drug-likeness (QED) is 0.916. The van der Waals surface area contributed by atoms with E-state index in [-0.39, 0.29) is 18.2 Å². The summed E-state index contributed by atoms with van der Waals surface area (Å²) in [6.07, 6.45) is -3.67. The number of rotatable bonds is 4. The molecule has 3 nitrogen and oxygen atoms in total. The Bertz CT molecular complexity index is 758. The fraction of sp³-hybridized carbons (Fsp3) is 0.316. The molecule has 0 radical (unpaired) electrons. The van der Waals surface area contributed by atoms with Crippen molar-refractivity contribution in [2.45, 2.75) is 19.0 Å². The van der Waals surface area contributed by atoms with Crippen LogP contribution in [-0.4, -0.2) is 19.1 Å². The molecule has 0 saturated carbocycles. The Labute approximate surface area is 143 Å². The van der Waals surface area contributed by atoms with Crippen LogP contribution in [0.25, 0.3) is 0 Å². The number of hydrogen-bond donors (Lipinski definition) is 1. The number of carbonyl (C=O) groups is 1. The SMILES string of the molecule is O=C(Cc1cccc(C(F)(F)F)c1)NC[C@H]1COc2ccccc2C1. The number of fused-ring (bicyclic) bond motifs is 1. The third-order valence-corrected chi connectivity index (χ3v) is 4.16. The number of nitrogens with one attached hydrogen (secondary N) is 1. The van der Waals surface area contributed by atoms with Crippen LogP contribution in [0.4, 0.5) is 13.2 Å². The fourth-order valence-corrected chi connectivity index (χ4v) is 2.89. The summed E-state index contributed by atoms with van der Waals surface area (Å²) >= 11 is 0. The van der Waals surface area contributed by atoms with E-state index in [9.17, 15) is 18.0 Å². The van der Waals surface area contributed by atoms with Crippen LogP contribution in [0.2, 0.25) is 0 Å². The van der Waals surface area contributed by atoms with Crippen molar-refractivity contribution in [1.29, 1.82) is 0 Å². The van der Waals surface area contributed by atoms with E-state index in [0.717, 1.165) is 29.9 Å². The molecule has 1 atom stereocenters. The van der Waals surface area contributed by atoms with E-state index in [4.69, 9.17) is 4.74 Å². The van der Waals surface area contributed by atoms with E-state index in [1.165, 1.54) is 12.1 Å². The second-order valence-corrected chi connectivity index (χ2v) is 6.17. The fourth-order valence-electron chi connectivity index (χ4n) is 2.89. The zero-order chi connectivity index (χ0) is 17.9. The van der Waals surface area contributed by atoms with Gasteiger partial charge in [-0.2, -0.15) is 13.2 Å². The molecule has 0 unspecified atom stereocenters. The molecule has 132 valence electrons. The van der Waals surface area contributed by atoms with Crippen LogP contribution in [0.15, 0.2) is 48.5 Å². The molecule has 2 aromatic rings. The summed E-state index contributed by atoms with van der Waals surface area (Å²) < 4.78 is 43.8. The third-order valence-electron chi connectivity index (χ3n) is 4.16. The van der Waals surface area contributed by atoms with Gasteiger partial charge in [-0.1, -0.05) is 36.4 Å². The molecule has 0 bridgehead atoms. The standard InChI is InChI=1S/C19H18F3NO2/c20-19(21,22)16-6-3-4-13(9-16)10-18(24)23-11-14-8-15-5-1-2-7-17(15)25-12-14/h1-7,9,14H,8,10-12H2,(H,23,24)/t14-/m0/s1. The maximum atomic E-state index is 12.7. The minimum Gasteiger partial charge on any atom is -0.493 e. The molecule has 6 heteroatoms. The highest BCUT2D eigenvalue weighted by Gasteiger charge is 2.30. The average molecular weight is 349 g/mol. The number of halogens is 3. The molecule has 0 fully saturated rings. The molecular weight excluding hydrogens is 331 g/mol. The second-order valence-electron chi connectivity index (χ2n) is 6.17. The molecule has 0 aromatic heterocycles. The molecule has 0 aliphatic carbocycles. The zero-order valence-electron chi connectivity index (χ0n) is 13.5. The predicted octanol–water partition coefficient (Wildman–Crippen LogP) is 3.62. The second kappa shape index (κ2) is 7.17. The lowest BCUT2D eigenvalue weighted by atomic mass is 9.96. The monoisotopic (exact) mass is 349 g/mol. The highest BCUT2D eigenvalue weighted by molar-refractivity contribution is 5.78. The first-order chi connectivity index (χ1) is 11.9. The smallest absolute Gasteiger partial charge is 0.416 e. The van der Waals surface area contributed by atoms with E-state index in [2.05, 4.69) is 5.32 Å². The molecule has 1 aliphatic rings. The van der Waals surface area contributed by atoms with Gasteiger partial charge in [0.05, 0.1) is 18.6 Å². The van der Waals surface area contributed by atoms with Gasteiger partial charge in [0.15, 0.2) is 0 Å². The Morgan fingerprint density at radius 3 is 2.76 bits per heavy atom. The van der Waals surface area contributed by atoms with Crippen molar-refractivity contribution in [3.8, 4) is 5.75 Å². The highest BCUT2D eigenvalue weighted by Crippen LogP contribution is 2.29. The minimum atomic E-state index is -4.40. The van der Waals surface area contributed by atoms with E-state index >= 15 is 0 Å². The Hall–Kier alpha value is -2.50. The molecule has 25 heavy (non-hydrogen) atoms. The average Bonchev–Trinajstić information content (AvgIpc) is 2.59. The molecule has 3 rings (SSSR count). The number of para-hydroxylation sites is 1. The summed E-state index contributed by atoms with van der Waals surface area (Å²) in [7, 11) is 0. The number of carbonyl (C=O) groups excluding carboxylic acids is 1. The van der Waals surface area contributed by atoms with Gasteiger partial charge in [0.25, 0.3) is 0 Å². The molecule has 1 heterocycles. The largest absolute Gasteiger partial charge is 0.493 e. The van der Waals surface area contributed by atoms with E-state index in [1.807, 2.05) is 24.3 Å². The van der Waals surface area contributed by atoms with Gasteiger partial charge in [-0.25, -0.2) is 0 Å². The van der Waals surface area contributed by atoms with Crippen molar-refractivity contribution >= 4 is 5.91 Å². The Morgan fingerprint density at radius 2 is 1.96 bits per heavy atom. The van der Waals surface area contributed by atoms with Gasteiger partial charge >= 0.3 is 6.18 Å². The number of amides is 1. The lowest BCUT2D eigenvalue weighted by molar-refractivity contribution is -0.137. The first kappa shape index (κ1) is 17.3. The van der Waals surface area contributed by atoms with Crippen LogP contribution in [-0.2, 0) is 23.8 Å². The van der Waals surface area contributed by atoms with Gasteiger partial charge in [0.2, 0.25) is 5.91 Å². The van der Waals surface area contributed by atoms with Crippen molar-refractivity contribution < 1.29 is 22.7 Å². The summed E-state index contributed by atoms with van der Waals surface area (Å²) in [5.74, 6) is 0.729. The zero-order valence-corrected chi connectivity index (χ0v) is 13.5. The van der Waals surface area contributed by atoms with Crippen LogP contribution in [0, 0.1) is 5.92 Å². The van der Waals surface area contributed by atoms with Gasteiger partial charge in [0, 0.05) is 12.5 Å². The predicted molar refractivity (Wildman–Crippen MR) is 87.3 cm³/mol. The van der Waals surface area contributed by atoms with Crippen LogP contribution < -0.4 is 10.1 Å². The van der Waals surface area contributed by atoms with Crippen LogP contribution in [0.1, 0.15) is 16.7 Å². The Kier molecular flexibility index (Phi) is 4.97. The van der Waals surface area contributed by atoms with Crippen molar-refractivity contribution in [1.82, 2.24) is 5.32 Å². The first-order valence-electron chi connectivity index (χ1n) is 8.05. The lowest BCUT2D eigenvalue weighted by Crippen LogP contribution is -2.35. The minimum absolute atomic E-state index is 0.0753. The Morgan fingerprint density at radius 1 is 1.16 bits per heavy atom. The summed E-state index contributed by atoms with van der Waals surface area (Å²) in [4.78, 5) is 12.0. The van der Waals surface area contributed by atoms with Crippen LogP contribution in [0.5, 0.6) is 5.75 Å². The van der Waals surface area contributed by atoms with Crippen molar-refractivity contribution in [3.05, 3.63) is 65.2 Å². The van der Waals surface area contributed by atoms with Gasteiger partial charge in [-0.3, -0.25) is 4.79 Å². The van der Waals surface area contributed by atoms with Crippen molar-refractivity contribution in [3.63, 3.8) is 0 Å². The molecular formula is C19H18F3NO2. The molecule has 1 N–H and O–H groups in total. The van der Waals surface area contributed by atoms with Gasteiger partial charge < -0.3 is 10.1 Å². The van der Waals surface area contributed by atoms with Crippen LogP contribution >= 0.6 is 0 Å². The number of ether oxygens (including phenoxy) is 1. The normalized spacial score (nSPS) is 16.7. The maximum absolute atomic E-state index is 12.7. The molecule has 1 aliphatic heterocycles. The third kappa shape index (κ3) is 4.53. The summed E-state index contributed by atoms with van der Waals surface area (Å²) in [6, 6.07) is 12.6. The first-order valence-corrected chi connectivity index (χ1v) is 8.05. The summed E-state index contributed by atoms with van der Waals surface area (Å²) in [5, 5.41) is 2.79. The Balaban J connectivity index is 1.52. The summed E-state index contributed by atoms with van der Waals surface area (Å²) in [5.41, 5.74) is 0.707. The topological polar surface area (TPSA) is 38.3 Å². The van der Waals surface area contributed by atoms with Crippen molar-refractivity contribution in [2.75, 3.05) is 13.2 Å². The highest BCUT2D eigenvalue weighted by atomic mass is 19.4. The lowest BCUT2D eigenvalue weighted by Gasteiger charge is -2.25. The molecule has 0 spiro atoms. The molecule has 1 amide bonds. The molecule has 0 saturated heterocycles. The maximum Gasteiger partial charge on any atom is 0.416 e. The van der Waals surface area contributed by atoms with Gasteiger partial charge in [-0.15, -0.1) is 0 Å². The van der Waals surface area contributed by atoms with Gasteiger partial charge in [0.1, 0.15) is 5.75 Å². The summed E-state index contributed by atoms with van der Waals surface area (Å²) in [6.45, 7) is 0.951. The number of alkyl halides is 3. The van der Waals surface area contributed by atoms with E-state index < -0.39 is 11.7 Å². The van der Waals surface area contributed by atoms with Gasteiger partial charge in [-0.05, 0) is 29.7 Å². The van der Waals surface area contributed by atoms with E-state index in [0.29, 0.717) is 18.7 Å². The van der Waals surface area contributed by atoms with E-state index in [1.54, 1.807) is 0 Å². The molecule has 2 aromatic carbocycles. The number of hydrogen-bond acceptors (Lipinski definition) is 2.